The Hall–Kier alpha value is -0.700. The molecule has 1 amide bonds. The van der Waals surface area contributed by atoms with Crippen LogP contribution in [0.15, 0.2) is 4.21 Å². The van der Waals surface area contributed by atoms with Crippen LogP contribution in [0.3, 0.4) is 0 Å². The number of rotatable bonds is 3. The summed E-state index contributed by atoms with van der Waals surface area (Å²) in [6.07, 6.45) is 0.427. The second-order valence-electron chi connectivity index (χ2n) is 4.17. The maximum absolute atomic E-state index is 12.6. The molecule has 1 aliphatic heterocycles. The van der Waals surface area contributed by atoms with E-state index in [4.69, 9.17) is 11.6 Å². The second-order valence-corrected chi connectivity index (χ2v) is 7.84. The predicted molar refractivity (Wildman–Crippen MR) is 72.8 cm³/mol. The van der Waals surface area contributed by atoms with Crippen LogP contribution in [0.1, 0.15) is 19.0 Å². The molecular formula is C10H14ClN3O3S2. The predicted octanol–water partition coefficient (Wildman–Crippen LogP) is 1.00. The molecule has 2 heterocycles. The Kier molecular flexibility index (Phi) is 4.14. The van der Waals surface area contributed by atoms with Crippen LogP contribution in [0.4, 0.5) is 0 Å². The Balaban J connectivity index is 2.43. The molecule has 2 rings (SSSR count). The third kappa shape index (κ3) is 2.62. The van der Waals surface area contributed by atoms with Crippen molar-refractivity contribution in [2.75, 3.05) is 13.1 Å². The monoisotopic (exact) mass is 323 g/mol. The summed E-state index contributed by atoms with van der Waals surface area (Å²) >= 11 is 6.68. The molecule has 9 heteroatoms. The van der Waals surface area contributed by atoms with Gasteiger partial charge in [-0.1, -0.05) is 29.9 Å². The molecule has 6 nitrogen and oxygen atoms in total. The number of piperazine rings is 1. The smallest absolute Gasteiger partial charge is 0.255 e. The summed E-state index contributed by atoms with van der Waals surface area (Å²) in [5.41, 5.74) is 0.371. The first-order valence-corrected chi connectivity index (χ1v) is 8.44. The van der Waals surface area contributed by atoms with Crippen LogP contribution in [0.5, 0.6) is 0 Å². The Bertz CT molecular complexity index is 599. The number of carbonyl (C=O) groups is 1. The first kappa shape index (κ1) is 14.7. The molecule has 0 saturated carbocycles. The van der Waals surface area contributed by atoms with Gasteiger partial charge in [0.15, 0.2) is 8.68 Å². The SMILES string of the molecule is CCC1C(=O)NCCN1S(=O)(=O)c1sc(Cl)nc1C. The highest BCUT2D eigenvalue weighted by molar-refractivity contribution is 7.91. The van der Waals surface area contributed by atoms with Gasteiger partial charge in [0, 0.05) is 13.1 Å². The van der Waals surface area contributed by atoms with Crippen molar-refractivity contribution >= 4 is 38.9 Å². The summed E-state index contributed by atoms with van der Waals surface area (Å²) in [5, 5.41) is 2.67. The van der Waals surface area contributed by atoms with Crippen molar-refractivity contribution in [3.05, 3.63) is 10.2 Å². The number of hydrogen-bond acceptors (Lipinski definition) is 5. The van der Waals surface area contributed by atoms with Crippen molar-refractivity contribution in [1.29, 1.82) is 0 Å². The molecule has 0 spiro atoms. The van der Waals surface area contributed by atoms with Crippen LogP contribution in [-0.2, 0) is 14.8 Å². The first-order chi connectivity index (χ1) is 8.87. The highest BCUT2D eigenvalue weighted by Crippen LogP contribution is 2.31. The minimum atomic E-state index is -3.72. The van der Waals surface area contributed by atoms with Gasteiger partial charge in [-0.15, -0.1) is 0 Å². The number of amides is 1. The fourth-order valence-corrected chi connectivity index (χ4v) is 5.58. The van der Waals surface area contributed by atoms with E-state index in [1.807, 2.05) is 0 Å². The molecule has 0 radical (unpaired) electrons. The number of sulfonamides is 1. The van der Waals surface area contributed by atoms with Crippen LogP contribution in [0, 0.1) is 6.92 Å². The maximum atomic E-state index is 12.6. The van der Waals surface area contributed by atoms with Gasteiger partial charge in [0.05, 0.1) is 5.69 Å². The van der Waals surface area contributed by atoms with Gasteiger partial charge in [-0.2, -0.15) is 4.31 Å². The van der Waals surface area contributed by atoms with Gasteiger partial charge in [-0.3, -0.25) is 4.79 Å². The van der Waals surface area contributed by atoms with Crippen molar-refractivity contribution in [1.82, 2.24) is 14.6 Å². The van der Waals surface area contributed by atoms with E-state index in [0.29, 0.717) is 18.7 Å². The quantitative estimate of drug-likeness (QED) is 0.900. The van der Waals surface area contributed by atoms with E-state index in [-0.39, 0.29) is 21.1 Å². The summed E-state index contributed by atoms with van der Waals surface area (Å²) in [6, 6.07) is -0.668. The summed E-state index contributed by atoms with van der Waals surface area (Å²) in [7, 11) is -3.72. The van der Waals surface area contributed by atoms with Gasteiger partial charge in [0.2, 0.25) is 5.91 Å². The number of thiazole rings is 1. The van der Waals surface area contributed by atoms with Crippen molar-refractivity contribution < 1.29 is 13.2 Å². The maximum Gasteiger partial charge on any atom is 0.255 e. The lowest BCUT2D eigenvalue weighted by Gasteiger charge is -2.33. The summed E-state index contributed by atoms with van der Waals surface area (Å²) < 4.78 is 26.7. The molecule has 1 aromatic rings. The highest BCUT2D eigenvalue weighted by Gasteiger charge is 2.39. The lowest BCUT2D eigenvalue weighted by molar-refractivity contribution is -0.126. The number of nitrogens with one attached hydrogen (secondary N) is 1. The number of nitrogens with zero attached hydrogens (tertiary/aromatic N) is 2. The van der Waals surface area contributed by atoms with Gasteiger partial charge >= 0.3 is 0 Å². The average Bonchev–Trinajstić information content (AvgIpc) is 2.68. The van der Waals surface area contributed by atoms with Crippen molar-refractivity contribution in [3.63, 3.8) is 0 Å². The molecule has 19 heavy (non-hydrogen) atoms. The Morgan fingerprint density at radius 2 is 2.26 bits per heavy atom. The number of carbonyl (C=O) groups excluding carboxylic acids is 1. The normalized spacial score (nSPS) is 21.4. The van der Waals surface area contributed by atoms with E-state index in [0.717, 1.165) is 11.3 Å². The van der Waals surface area contributed by atoms with Crippen molar-refractivity contribution in [2.24, 2.45) is 0 Å². The number of aromatic nitrogens is 1. The molecule has 1 fully saturated rings. The summed E-state index contributed by atoms with van der Waals surface area (Å²) in [6.45, 7) is 3.96. The van der Waals surface area contributed by atoms with E-state index in [1.165, 1.54) is 4.31 Å². The van der Waals surface area contributed by atoms with Gasteiger partial charge < -0.3 is 5.32 Å². The number of halogens is 1. The highest BCUT2D eigenvalue weighted by atomic mass is 35.5. The molecule has 1 atom stereocenters. The van der Waals surface area contributed by atoms with Crippen molar-refractivity contribution in [2.45, 2.75) is 30.5 Å². The van der Waals surface area contributed by atoms with Crippen LogP contribution in [0.25, 0.3) is 0 Å². The summed E-state index contributed by atoms with van der Waals surface area (Å²) in [5.74, 6) is -0.259. The van der Waals surface area contributed by atoms with Gasteiger partial charge in [0.1, 0.15) is 6.04 Å². The molecule has 0 aliphatic carbocycles. The Morgan fingerprint density at radius 1 is 1.58 bits per heavy atom. The Morgan fingerprint density at radius 3 is 2.79 bits per heavy atom. The lowest BCUT2D eigenvalue weighted by atomic mass is 10.2. The van der Waals surface area contributed by atoms with Crippen molar-refractivity contribution in [3.8, 4) is 0 Å². The lowest BCUT2D eigenvalue weighted by Crippen LogP contribution is -2.56. The first-order valence-electron chi connectivity index (χ1n) is 5.80. The molecule has 0 bridgehead atoms. The molecule has 1 saturated heterocycles. The zero-order valence-electron chi connectivity index (χ0n) is 10.5. The van der Waals surface area contributed by atoms with E-state index in [2.05, 4.69) is 10.3 Å². The van der Waals surface area contributed by atoms with E-state index in [1.54, 1.807) is 13.8 Å². The molecular weight excluding hydrogens is 310 g/mol. The van der Waals surface area contributed by atoms with E-state index >= 15 is 0 Å². The largest absolute Gasteiger partial charge is 0.353 e. The topological polar surface area (TPSA) is 79.4 Å². The molecule has 1 aromatic heterocycles. The minimum absolute atomic E-state index is 0.116. The minimum Gasteiger partial charge on any atom is -0.353 e. The molecule has 1 N–H and O–H groups in total. The number of hydrogen-bond donors (Lipinski definition) is 1. The fourth-order valence-electron chi connectivity index (χ4n) is 2.07. The number of aryl methyl sites for hydroxylation is 1. The zero-order chi connectivity index (χ0) is 14.2. The van der Waals surface area contributed by atoms with Gasteiger partial charge in [0.25, 0.3) is 10.0 Å². The average molecular weight is 324 g/mol. The fraction of sp³-hybridized carbons (Fsp3) is 0.600. The van der Waals surface area contributed by atoms with E-state index in [9.17, 15) is 13.2 Å². The molecule has 1 unspecified atom stereocenters. The summed E-state index contributed by atoms with van der Waals surface area (Å²) in [4.78, 5) is 15.7. The van der Waals surface area contributed by atoms with Gasteiger partial charge in [-0.05, 0) is 13.3 Å². The van der Waals surface area contributed by atoms with Crippen LogP contribution >= 0.6 is 22.9 Å². The third-order valence-corrected chi connectivity index (χ3v) is 6.70. The van der Waals surface area contributed by atoms with Gasteiger partial charge in [-0.25, -0.2) is 13.4 Å². The van der Waals surface area contributed by atoms with Crippen LogP contribution < -0.4 is 5.32 Å². The molecule has 0 aromatic carbocycles. The Labute approximate surface area is 120 Å². The molecule has 106 valence electrons. The standard InChI is InChI=1S/C10H14ClN3O3S2/c1-3-7-8(15)12-4-5-14(7)19(16,17)9-6(2)13-10(11)18-9/h7H,3-5H2,1-2H3,(H,12,15). The second kappa shape index (κ2) is 5.35. The van der Waals surface area contributed by atoms with E-state index < -0.39 is 16.1 Å². The molecule has 1 aliphatic rings. The van der Waals surface area contributed by atoms with Crippen LogP contribution in [-0.4, -0.2) is 42.7 Å². The zero-order valence-corrected chi connectivity index (χ0v) is 12.9. The third-order valence-electron chi connectivity index (χ3n) is 2.94. The van der Waals surface area contributed by atoms with Crippen LogP contribution in [0.2, 0.25) is 4.47 Å².